The molecule has 5 unspecified atom stereocenters. The molecule has 0 spiro atoms. The molecule has 5 atom stereocenters. The van der Waals surface area contributed by atoms with E-state index in [9.17, 15) is 43.2 Å². The number of hydrogen-bond donors (Lipinski definition) is 3. The molecule has 0 heterocycles. The second-order valence-corrected chi connectivity index (χ2v) is 27.8. The van der Waals surface area contributed by atoms with Crippen LogP contribution in [0.1, 0.15) is 310 Å². The summed E-state index contributed by atoms with van der Waals surface area (Å²) in [6.07, 6.45) is 71.4. The van der Waals surface area contributed by atoms with Crippen molar-refractivity contribution in [2.24, 2.45) is 0 Å². The minimum absolute atomic E-state index is 0.0379. The van der Waals surface area contributed by atoms with Gasteiger partial charge in [-0.1, -0.05) is 292 Å². The lowest BCUT2D eigenvalue weighted by molar-refractivity contribution is -0.161. The van der Waals surface area contributed by atoms with E-state index in [1.807, 2.05) is 18.2 Å². The predicted octanol–water partition coefficient (Wildman–Crippen LogP) is 21.2. The molecule has 0 aliphatic heterocycles. The maximum atomic E-state index is 13.0. The molecule has 0 aromatic heterocycles. The fraction of sp³-hybridized carbons (Fsp3) is 0.740. The Bertz CT molecular complexity index is 2200. The molecule has 17 nitrogen and oxygen atoms in total. The van der Waals surface area contributed by atoms with Gasteiger partial charge < -0.3 is 33.8 Å². The van der Waals surface area contributed by atoms with Crippen molar-refractivity contribution < 1.29 is 80.2 Å². The van der Waals surface area contributed by atoms with Crippen LogP contribution in [-0.4, -0.2) is 96.7 Å². The first-order chi connectivity index (χ1) is 46.7. The molecular weight excluding hydrogens is 1260 g/mol. The lowest BCUT2D eigenvalue weighted by Crippen LogP contribution is -2.30. The van der Waals surface area contributed by atoms with Gasteiger partial charge in [-0.25, -0.2) is 9.13 Å². The Labute approximate surface area is 582 Å². The van der Waals surface area contributed by atoms with Gasteiger partial charge in [-0.3, -0.25) is 37.3 Å². The maximum Gasteiger partial charge on any atom is 0.472 e. The lowest BCUT2D eigenvalue weighted by Gasteiger charge is -2.21. The number of aliphatic hydroxyl groups excluding tert-OH is 1. The standard InChI is InChI=1S/C77H134O17P2/c1-5-9-13-17-21-25-29-32-33-34-35-36-37-40-43-46-50-54-58-62-75(80)88-67-72(93-76(81)63-59-55-51-47-41-28-24-20-16-12-8-4)69-91-95(83,84)89-65-71(78)66-90-96(85,86)92-70-73(94-77(82)64-60-56-52-48-44-39-31-27-23-19-15-11-7-3)68-87-74(79)61-57-53-49-45-42-38-30-26-22-18-14-10-6-2/h9,13-14,18,21,25-26,30,32-33,35-36,40,43,50,54,71-73,78H,5-8,10-12,15-17,19-20,22-24,27-29,31,34,37-39,41-42,44-49,51-53,55-70H2,1-4H3,(H,83,84)(H,85,86)/b13-9-,18-14-,25-21-,30-26-,33-32-,36-35-,43-40-,54-50-. The molecule has 0 aliphatic rings. The van der Waals surface area contributed by atoms with E-state index in [4.69, 9.17) is 37.0 Å². The fourth-order valence-corrected chi connectivity index (χ4v) is 11.5. The molecule has 96 heavy (non-hydrogen) atoms. The summed E-state index contributed by atoms with van der Waals surface area (Å²) < 4.78 is 68.3. The zero-order chi connectivity index (χ0) is 70.4. The molecule has 0 rings (SSSR count). The molecule has 0 aromatic carbocycles. The highest BCUT2D eigenvalue weighted by atomic mass is 31.2. The number of rotatable bonds is 70. The van der Waals surface area contributed by atoms with Gasteiger partial charge in [0.1, 0.15) is 19.3 Å². The molecule has 0 aliphatic carbocycles. The van der Waals surface area contributed by atoms with Gasteiger partial charge in [0.15, 0.2) is 12.2 Å². The van der Waals surface area contributed by atoms with E-state index in [0.29, 0.717) is 32.1 Å². The molecule has 0 amide bonds. The van der Waals surface area contributed by atoms with Crippen molar-refractivity contribution in [1.82, 2.24) is 0 Å². The number of carbonyl (C=O) groups excluding carboxylic acids is 4. The molecule has 3 N–H and O–H groups in total. The third kappa shape index (κ3) is 68.5. The minimum Gasteiger partial charge on any atom is -0.462 e. The minimum atomic E-state index is -4.98. The summed E-state index contributed by atoms with van der Waals surface area (Å²) in [7, 11) is -9.96. The highest BCUT2D eigenvalue weighted by Crippen LogP contribution is 2.45. The van der Waals surface area contributed by atoms with Gasteiger partial charge in [-0.2, -0.15) is 0 Å². The van der Waals surface area contributed by atoms with E-state index < -0.39 is 97.5 Å². The van der Waals surface area contributed by atoms with Crippen molar-refractivity contribution in [2.75, 3.05) is 39.6 Å². The van der Waals surface area contributed by atoms with Crippen molar-refractivity contribution in [2.45, 2.75) is 329 Å². The predicted molar refractivity (Wildman–Crippen MR) is 390 cm³/mol. The third-order valence-corrected chi connectivity index (χ3v) is 17.5. The second kappa shape index (κ2) is 69.5. The number of phosphoric ester groups is 2. The molecule has 0 aromatic rings. The summed E-state index contributed by atoms with van der Waals surface area (Å²) >= 11 is 0. The molecule has 0 saturated carbocycles. The van der Waals surface area contributed by atoms with Gasteiger partial charge in [0.25, 0.3) is 0 Å². The van der Waals surface area contributed by atoms with Gasteiger partial charge in [0.2, 0.25) is 0 Å². The zero-order valence-corrected chi connectivity index (χ0v) is 62.1. The molecule has 19 heteroatoms. The van der Waals surface area contributed by atoms with Gasteiger partial charge >= 0.3 is 39.5 Å². The molecule has 0 fully saturated rings. The molecular formula is C77H134O17P2. The van der Waals surface area contributed by atoms with Crippen molar-refractivity contribution in [3.63, 3.8) is 0 Å². The zero-order valence-electron chi connectivity index (χ0n) is 60.3. The highest BCUT2D eigenvalue weighted by molar-refractivity contribution is 7.47. The first kappa shape index (κ1) is 92.0. The molecule has 0 saturated heterocycles. The van der Waals surface area contributed by atoms with E-state index in [-0.39, 0.29) is 25.7 Å². The Morgan fingerprint density at radius 1 is 0.302 bits per heavy atom. The van der Waals surface area contributed by atoms with Crippen LogP contribution in [0.15, 0.2) is 97.2 Å². The number of unbranched alkanes of at least 4 members (excludes halogenated alkanes) is 28. The summed E-state index contributed by atoms with van der Waals surface area (Å²) in [5.74, 6) is -2.27. The fourth-order valence-electron chi connectivity index (χ4n) is 9.87. The van der Waals surface area contributed by atoms with Crippen molar-refractivity contribution >= 4 is 39.5 Å². The van der Waals surface area contributed by atoms with Crippen molar-refractivity contribution in [1.29, 1.82) is 0 Å². The number of allylic oxidation sites excluding steroid dienone is 16. The summed E-state index contributed by atoms with van der Waals surface area (Å²) in [5.41, 5.74) is 0. The van der Waals surface area contributed by atoms with Crippen LogP contribution in [0.2, 0.25) is 0 Å². The van der Waals surface area contributed by atoms with Crippen LogP contribution >= 0.6 is 15.6 Å². The van der Waals surface area contributed by atoms with Crippen LogP contribution in [0.25, 0.3) is 0 Å². The van der Waals surface area contributed by atoms with Crippen LogP contribution in [-0.2, 0) is 65.4 Å². The number of aliphatic hydroxyl groups is 1. The Kier molecular flexibility index (Phi) is 66.6. The second-order valence-electron chi connectivity index (χ2n) is 24.9. The smallest absolute Gasteiger partial charge is 0.462 e. The van der Waals surface area contributed by atoms with Crippen LogP contribution in [0.4, 0.5) is 0 Å². The van der Waals surface area contributed by atoms with Gasteiger partial charge in [0.05, 0.1) is 26.4 Å². The topological polar surface area (TPSA) is 237 Å². The Morgan fingerprint density at radius 2 is 0.583 bits per heavy atom. The van der Waals surface area contributed by atoms with Crippen molar-refractivity contribution in [3.8, 4) is 0 Å². The lowest BCUT2D eigenvalue weighted by atomic mass is 10.0. The van der Waals surface area contributed by atoms with E-state index in [0.717, 1.165) is 135 Å². The molecule has 0 radical (unpaired) electrons. The highest BCUT2D eigenvalue weighted by Gasteiger charge is 2.30. The normalized spacial score (nSPS) is 14.5. The summed E-state index contributed by atoms with van der Waals surface area (Å²) in [6.45, 7) is 4.60. The monoisotopic (exact) mass is 1390 g/mol. The largest absolute Gasteiger partial charge is 0.472 e. The van der Waals surface area contributed by atoms with Gasteiger partial charge in [0, 0.05) is 25.7 Å². The third-order valence-electron chi connectivity index (χ3n) is 15.6. The summed E-state index contributed by atoms with van der Waals surface area (Å²) in [4.78, 5) is 72.7. The van der Waals surface area contributed by atoms with Crippen LogP contribution in [0, 0.1) is 0 Å². The summed E-state index contributed by atoms with van der Waals surface area (Å²) in [5, 5.41) is 10.6. The number of phosphoric acid groups is 2. The molecule has 0 bridgehead atoms. The first-order valence-corrected chi connectivity index (χ1v) is 40.5. The Hall–Kier alpha value is -4.02. The van der Waals surface area contributed by atoms with Crippen LogP contribution in [0.5, 0.6) is 0 Å². The average molecular weight is 1390 g/mol. The maximum absolute atomic E-state index is 13.0. The van der Waals surface area contributed by atoms with Crippen LogP contribution < -0.4 is 0 Å². The number of carbonyl (C=O) groups is 4. The van der Waals surface area contributed by atoms with Crippen LogP contribution in [0.3, 0.4) is 0 Å². The quantitative estimate of drug-likeness (QED) is 0.0169. The van der Waals surface area contributed by atoms with E-state index >= 15 is 0 Å². The van der Waals surface area contributed by atoms with Crippen molar-refractivity contribution in [3.05, 3.63) is 97.2 Å². The summed E-state index contributed by atoms with van der Waals surface area (Å²) in [6, 6.07) is 0. The van der Waals surface area contributed by atoms with E-state index in [1.165, 1.54) is 89.9 Å². The number of hydrogen-bond acceptors (Lipinski definition) is 15. The SMILES string of the molecule is CC/C=C\C/C=C\C/C=C\C/C=C\C/C=C\C/C=C\CCC(=O)OCC(COP(=O)(O)OCC(O)COP(=O)(O)OCC(COC(=O)CCCCCCC/C=C\C/C=C\CCC)OC(=O)CCCCCCCCCCCCCCC)OC(=O)CCCCCCCCCCCCC. The number of ether oxygens (including phenoxy) is 4. The Morgan fingerprint density at radius 3 is 0.938 bits per heavy atom. The van der Waals surface area contributed by atoms with E-state index in [2.05, 4.69) is 107 Å². The molecule has 554 valence electrons. The average Bonchev–Trinajstić information content (AvgIpc) is 1.11. The van der Waals surface area contributed by atoms with E-state index in [1.54, 1.807) is 0 Å². The van der Waals surface area contributed by atoms with Gasteiger partial charge in [-0.05, 0) is 89.9 Å². The van der Waals surface area contributed by atoms with Gasteiger partial charge in [-0.15, -0.1) is 0 Å². The number of esters is 4. The first-order valence-electron chi connectivity index (χ1n) is 37.5. The Balaban J connectivity index is 5.36.